The van der Waals surface area contributed by atoms with Gasteiger partial charge in [-0.25, -0.2) is 4.39 Å². The van der Waals surface area contributed by atoms with Gasteiger partial charge >= 0.3 is 0 Å². The predicted octanol–water partition coefficient (Wildman–Crippen LogP) is 2.07. The van der Waals surface area contributed by atoms with Crippen LogP contribution in [0.4, 0.5) is 4.39 Å². The Kier molecular flexibility index (Phi) is 3.83. The SMILES string of the molecule is COC1=CC=C(F)CN1CC1CCOCC1. The molecular formula is C12H18FNO2. The lowest BCUT2D eigenvalue weighted by Crippen LogP contribution is -2.34. The Labute approximate surface area is 95.5 Å². The van der Waals surface area contributed by atoms with Gasteiger partial charge in [-0.05, 0) is 24.8 Å². The highest BCUT2D eigenvalue weighted by molar-refractivity contribution is 5.17. The summed E-state index contributed by atoms with van der Waals surface area (Å²) < 4.78 is 23.7. The van der Waals surface area contributed by atoms with Crippen molar-refractivity contribution >= 4 is 0 Å². The molecule has 1 fully saturated rings. The molecule has 0 bridgehead atoms. The Bertz CT molecular complexity index is 295. The number of allylic oxidation sites excluding steroid dienone is 2. The lowest BCUT2D eigenvalue weighted by Gasteiger charge is -2.32. The van der Waals surface area contributed by atoms with Gasteiger partial charge in [0.2, 0.25) is 0 Å². The lowest BCUT2D eigenvalue weighted by molar-refractivity contribution is 0.0469. The Hall–Kier alpha value is -1.03. The molecule has 0 aliphatic carbocycles. The molecule has 0 aromatic carbocycles. The van der Waals surface area contributed by atoms with Crippen LogP contribution in [0.5, 0.6) is 0 Å². The summed E-state index contributed by atoms with van der Waals surface area (Å²) in [5.74, 6) is 1.24. The van der Waals surface area contributed by atoms with E-state index in [1.165, 1.54) is 6.08 Å². The standard InChI is InChI=1S/C12H18FNO2/c1-15-12-3-2-11(13)9-14(12)8-10-4-6-16-7-5-10/h2-3,10H,4-9H2,1H3. The van der Waals surface area contributed by atoms with Crippen molar-refractivity contribution in [3.05, 3.63) is 23.9 Å². The molecule has 2 aliphatic heterocycles. The Morgan fingerprint density at radius 3 is 2.88 bits per heavy atom. The van der Waals surface area contributed by atoms with Gasteiger partial charge in [0.05, 0.1) is 13.7 Å². The van der Waals surface area contributed by atoms with Gasteiger partial charge in [0.1, 0.15) is 5.83 Å². The van der Waals surface area contributed by atoms with E-state index in [0.29, 0.717) is 12.5 Å². The first kappa shape index (κ1) is 11.5. The first-order valence-corrected chi connectivity index (χ1v) is 5.72. The second kappa shape index (κ2) is 5.34. The van der Waals surface area contributed by atoms with Crippen molar-refractivity contribution in [3.8, 4) is 0 Å². The molecule has 0 aromatic rings. The summed E-state index contributed by atoms with van der Waals surface area (Å²) in [5.41, 5.74) is 0. The molecule has 0 aromatic heterocycles. The second-order valence-electron chi connectivity index (χ2n) is 4.26. The van der Waals surface area contributed by atoms with Crippen molar-refractivity contribution in [1.82, 2.24) is 4.90 Å². The highest BCUT2D eigenvalue weighted by Crippen LogP contribution is 2.22. The third kappa shape index (κ3) is 2.76. The molecule has 2 aliphatic rings. The topological polar surface area (TPSA) is 21.7 Å². The Morgan fingerprint density at radius 2 is 2.19 bits per heavy atom. The molecule has 2 heterocycles. The van der Waals surface area contributed by atoms with Crippen molar-refractivity contribution in [2.24, 2.45) is 5.92 Å². The third-order valence-corrected chi connectivity index (χ3v) is 3.09. The summed E-state index contributed by atoms with van der Waals surface area (Å²) in [6.07, 6.45) is 5.27. The van der Waals surface area contributed by atoms with Gasteiger partial charge in [0.15, 0.2) is 5.88 Å². The van der Waals surface area contributed by atoms with E-state index in [9.17, 15) is 4.39 Å². The van der Waals surface area contributed by atoms with E-state index >= 15 is 0 Å². The summed E-state index contributed by atoms with van der Waals surface area (Å²) in [6, 6.07) is 0. The summed E-state index contributed by atoms with van der Waals surface area (Å²) in [5, 5.41) is 0. The summed E-state index contributed by atoms with van der Waals surface area (Å²) >= 11 is 0. The summed E-state index contributed by atoms with van der Waals surface area (Å²) in [7, 11) is 1.62. The minimum absolute atomic E-state index is 0.104. The highest BCUT2D eigenvalue weighted by Gasteiger charge is 2.22. The van der Waals surface area contributed by atoms with Crippen LogP contribution in [0.25, 0.3) is 0 Å². The fourth-order valence-electron chi connectivity index (χ4n) is 2.17. The lowest BCUT2D eigenvalue weighted by atomic mass is 9.99. The van der Waals surface area contributed by atoms with Crippen LogP contribution in [0.15, 0.2) is 23.9 Å². The van der Waals surface area contributed by atoms with Gasteiger partial charge in [0, 0.05) is 25.8 Å². The molecule has 2 rings (SSSR count). The number of ether oxygens (including phenoxy) is 2. The van der Waals surface area contributed by atoms with Crippen LogP contribution >= 0.6 is 0 Å². The van der Waals surface area contributed by atoms with Gasteiger partial charge in [-0.3, -0.25) is 0 Å². The molecular weight excluding hydrogens is 209 g/mol. The van der Waals surface area contributed by atoms with Crippen LogP contribution in [0.3, 0.4) is 0 Å². The average Bonchev–Trinajstić information content (AvgIpc) is 2.31. The van der Waals surface area contributed by atoms with Crippen molar-refractivity contribution < 1.29 is 13.9 Å². The molecule has 0 atom stereocenters. The first-order valence-electron chi connectivity index (χ1n) is 5.72. The molecule has 0 unspecified atom stereocenters. The quantitative estimate of drug-likeness (QED) is 0.736. The minimum Gasteiger partial charge on any atom is -0.482 e. The molecule has 1 saturated heterocycles. The number of methoxy groups -OCH3 is 1. The second-order valence-corrected chi connectivity index (χ2v) is 4.26. The van der Waals surface area contributed by atoms with E-state index < -0.39 is 0 Å². The summed E-state index contributed by atoms with van der Waals surface area (Å²) in [4.78, 5) is 1.96. The van der Waals surface area contributed by atoms with Gasteiger partial charge in [0.25, 0.3) is 0 Å². The Balaban J connectivity index is 1.93. The molecule has 90 valence electrons. The maximum Gasteiger partial charge on any atom is 0.189 e. The fraction of sp³-hybridized carbons (Fsp3) is 0.667. The normalized spacial score (nSPS) is 22.8. The number of halogens is 1. The molecule has 0 saturated carbocycles. The molecule has 0 N–H and O–H groups in total. The van der Waals surface area contributed by atoms with Gasteiger partial charge in [-0.1, -0.05) is 0 Å². The number of rotatable bonds is 3. The fourth-order valence-corrected chi connectivity index (χ4v) is 2.17. The zero-order valence-electron chi connectivity index (χ0n) is 9.62. The highest BCUT2D eigenvalue weighted by atomic mass is 19.1. The maximum atomic E-state index is 13.2. The van der Waals surface area contributed by atoms with E-state index in [1.54, 1.807) is 13.2 Å². The molecule has 0 spiro atoms. The minimum atomic E-state index is -0.104. The molecule has 3 nitrogen and oxygen atoms in total. The predicted molar refractivity (Wildman–Crippen MR) is 59.4 cm³/mol. The molecule has 4 heteroatoms. The van der Waals surface area contributed by atoms with Crippen LogP contribution in [-0.4, -0.2) is 38.3 Å². The van der Waals surface area contributed by atoms with Crippen LogP contribution in [0, 0.1) is 5.92 Å². The zero-order chi connectivity index (χ0) is 11.4. The average molecular weight is 227 g/mol. The van der Waals surface area contributed by atoms with E-state index in [-0.39, 0.29) is 5.83 Å². The van der Waals surface area contributed by atoms with E-state index in [4.69, 9.17) is 9.47 Å². The monoisotopic (exact) mass is 227 g/mol. The van der Waals surface area contributed by atoms with Crippen LogP contribution in [-0.2, 0) is 9.47 Å². The number of hydrogen-bond donors (Lipinski definition) is 0. The van der Waals surface area contributed by atoms with Crippen molar-refractivity contribution in [2.75, 3.05) is 33.4 Å². The first-order chi connectivity index (χ1) is 7.79. The number of nitrogens with zero attached hydrogens (tertiary/aromatic N) is 1. The van der Waals surface area contributed by atoms with Crippen molar-refractivity contribution in [3.63, 3.8) is 0 Å². The van der Waals surface area contributed by atoms with Crippen LogP contribution < -0.4 is 0 Å². The van der Waals surface area contributed by atoms with Crippen LogP contribution in [0.2, 0.25) is 0 Å². The van der Waals surface area contributed by atoms with E-state index in [2.05, 4.69) is 0 Å². The maximum absolute atomic E-state index is 13.2. The van der Waals surface area contributed by atoms with Crippen molar-refractivity contribution in [2.45, 2.75) is 12.8 Å². The third-order valence-electron chi connectivity index (χ3n) is 3.09. The smallest absolute Gasteiger partial charge is 0.189 e. The van der Waals surface area contributed by atoms with Crippen LogP contribution in [0.1, 0.15) is 12.8 Å². The molecule has 0 radical (unpaired) electrons. The van der Waals surface area contributed by atoms with E-state index in [1.807, 2.05) is 4.90 Å². The van der Waals surface area contributed by atoms with E-state index in [0.717, 1.165) is 38.5 Å². The summed E-state index contributed by atoms with van der Waals surface area (Å²) in [6.45, 7) is 2.83. The van der Waals surface area contributed by atoms with Gasteiger partial charge < -0.3 is 14.4 Å². The van der Waals surface area contributed by atoms with Gasteiger partial charge in [-0.2, -0.15) is 0 Å². The molecule has 16 heavy (non-hydrogen) atoms. The Morgan fingerprint density at radius 1 is 1.44 bits per heavy atom. The number of hydrogen-bond acceptors (Lipinski definition) is 3. The largest absolute Gasteiger partial charge is 0.482 e. The zero-order valence-corrected chi connectivity index (χ0v) is 9.62. The van der Waals surface area contributed by atoms with Crippen molar-refractivity contribution in [1.29, 1.82) is 0 Å². The molecule has 0 amide bonds. The van der Waals surface area contributed by atoms with Gasteiger partial charge in [-0.15, -0.1) is 0 Å².